The number of hydrogen-bond donors (Lipinski definition) is 0. The van der Waals surface area contributed by atoms with E-state index in [1.807, 2.05) is 0 Å². The third-order valence-electron chi connectivity index (χ3n) is 3.07. The molecular formula is C12H20ClN3. The summed E-state index contributed by atoms with van der Waals surface area (Å²) >= 11 is 6.07. The summed E-state index contributed by atoms with van der Waals surface area (Å²) in [6, 6.07) is 0. The van der Waals surface area contributed by atoms with Crippen LogP contribution in [0.2, 0.25) is 5.28 Å². The van der Waals surface area contributed by atoms with Gasteiger partial charge in [-0.25, -0.2) is 0 Å². The number of halogens is 1. The zero-order valence-corrected chi connectivity index (χ0v) is 11.1. The second-order valence-corrected chi connectivity index (χ2v) is 6.12. The molecule has 90 valence electrons. The molecule has 1 aromatic rings. The van der Waals surface area contributed by atoms with Crippen molar-refractivity contribution in [2.45, 2.75) is 58.4 Å². The van der Waals surface area contributed by atoms with E-state index in [2.05, 4.69) is 35.5 Å². The zero-order chi connectivity index (χ0) is 11.8. The molecule has 1 aliphatic carbocycles. The highest BCUT2D eigenvalue weighted by molar-refractivity contribution is 6.28. The van der Waals surface area contributed by atoms with Gasteiger partial charge in [-0.1, -0.05) is 33.6 Å². The summed E-state index contributed by atoms with van der Waals surface area (Å²) in [5, 5.41) is 8.68. The van der Waals surface area contributed by atoms with Crippen LogP contribution in [0, 0.1) is 5.92 Å². The predicted molar refractivity (Wildman–Crippen MR) is 65.7 cm³/mol. The molecule has 0 aliphatic heterocycles. The number of nitrogens with zero attached hydrogens (tertiary/aromatic N) is 3. The van der Waals surface area contributed by atoms with E-state index in [1.54, 1.807) is 0 Å². The normalized spacial score (nSPS) is 16.8. The van der Waals surface area contributed by atoms with Crippen molar-refractivity contribution in [2.24, 2.45) is 5.92 Å². The Morgan fingerprint density at radius 1 is 1.31 bits per heavy atom. The molecule has 0 saturated heterocycles. The van der Waals surface area contributed by atoms with Gasteiger partial charge >= 0.3 is 0 Å². The third-order valence-corrected chi connectivity index (χ3v) is 3.35. The number of aromatic nitrogens is 3. The van der Waals surface area contributed by atoms with Crippen LogP contribution in [0.5, 0.6) is 0 Å². The van der Waals surface area contributed by atoms with Crippen LogP contribution in [-0.2, 0) is 12.0 Å². The first kappa shape index (κ1) is 11.9. The quantitative estimate of drug-likeness (QED) is 0.809. The van der Waals surface area contributed by atoms with Gasteiger partial charge in [0, 0.05) is 12.0 Å². The van der Waals surface area contributed by atoms with Crippen molar-refractivity contribution >= 4 is 11.6 Å². The summed E-state index contributed by atoms with van der Waals surface area (Å²) in [6.45, 7) is 7.38. The molecule has 1 aromatic heterocycles. The van der Waals surface area contributed by atoms with Crippen LogP contribution in [-0.4, -0.2) is 14.8 Å². The molecule has 0 aromatic carbocycles. The lowest BCUT2D eigenvalue weighted by atomic mass is 9.95. The van der Waals surface area contributed by atoms with Crippen molar-refractivity contribution in [3.05, 3.63) is 11.1 Å². The Morgan fingerprint density at radius 2 is 2.00 bits per heavy atom. The lowest BCUT2D eigenvalue weighted by molar-refractivity contribution is 0.479. The summed E-state index contributed by atoms with van der Waals surface area (Å²) in [7, 11) is 0. The van der Waals surface area contributed by atoms with E-state index in [0.29, 0.717) is 5.28 Å². The smallest absolute Gasteiger partial charge is 0.225 e. The highest BCUT2D eigenvalue weighted by atomic mass is 35.5. The summed E-state index contributed by atoms with van der Waals surface area (Å²) in [5.74, 6) is 1.97. The van der Waals surface area contributed by atoms with Gasteiger partial charge in [0.15, 0.2) is 0 Å². The maximum Gasteiger partial charge on any atom is 0.225 e. The first-order chi connectivity index (χ1) is 7.48. The Labute approximate surface area is 102 Å². The second-order valence-electron chi connectivity index (χ2n) is 5.78. The minimum atomic E-state index is 0.0136. The molecule has 1 fully saturated rings. The van der Waals surface area contributed by atoms with E-state index in [0.717, 1.165) is 18.3 Å². The van der Waals surface area contributed by atoms with Gasteiger partial charge in [0.05, 0.1) is 0 Å². The molecule has 1 saturated carbocycles. The van der Waals surface area contributed by atoms with Gasteiger partial charge in [-0.2, -0.15) is 0 Å². The van der Waals surface area contributed by atoms with E-state index in [1.165, 1.54) is 25.7 Å². The zero-order valence-electron chi connectivity index (χ0n) is 10.3. The highest BCUT2D eigenvalue weighted by Crippen LogP contribution is 2.34. The van der Waals surface area contributed by atoms with Gasteiger partial charge in [0.1, 0.15) is 5.82 Å². The molecule has 0 bridgehead atoms. The van der Waals surface area contributed by atoms with Gasteiger partial charge in [-0.05, 0) is 30.4 Å². The molecule has 0 radical (unpaired) electrons. The van der Waals surface area contributed by atoms with Crippen molar-refractivity contribution in [2.75, 3.05) is 0 Å². The lowest BCUT2D eigenvalue weighted by Gasteiger charge is -2.18. The standard InChI is InChI=1S/C12H20ClN3/c1-12(2,3)10-14-15-11(13)16(10)8-4-5-9-6-7-9/h9H,4-8H2,1-3H3. The van der Waals surface area contributed by atoms with Crippen LogP contribution in [0.3, 0.4) is 0 Å². The molecule has 1 heterocycles. The van der Waals surface area contributed by atoms with Crippen LogP contribution in [0.4, 0.5) is 0 Å². The minimum Gasteiger partial charge on any atom is -0.301 e. The minimum absolute atomic E-state index is 0.0136. The van der Waals surface area contributed by atoms with Crippen LogP contribution in [0.25, 0.3) is 0 Å². The largest absolute Gasteiger partial charge is 0.301 e. The Kier molecular flexibility index (Phi) is 3.24. The summed E-state index contributed by atoms with van der Waals surface area (Å²) in [6.07, 6.45) is 5.34. The SMILES string of the molecule is CC(C)(C)c1nnc(Cl)n1CCCC1CC1. The van der Waals surface area contributed by atoms with E-state index >= 15 is 0 Å². The van der Waals surface area contributed by atoms with Crippen molar-refractivity contribution in [3.8, 4) is 0 Å². The van der Waals surface area contributed by atoms with Crippen molar-refractivity contribution in [1.29, 1.82) is 0 Å². The summed E-state index contributed by atoms with van der Waals surface area (Å²) < 4.78 is 2.06. The molecule has 0 spiro atoms. The van der Waals surface area contributed by atoms with Gasteiger partial charge in [0.2, 0.25) is 5.28 Å². The maximum absolute atomic E-state index is 6.07. The number of rotatable bonds is 4. The molecule has 0 atom stereocenters. The topological polar surface area (TPSA) is 30.7 Å². The Bertz CT molecular complexity index is 361. The fourth-order valence-electron chi connectivity index (χ4n) is 1.98. The first-order valence-electron chi connectivity index (χ1n) is 6.07. The summed E-state index contributed by atoms with van der Waals surface area (Å²) in [5.41, 5.74) is 0.0136. The fraction of sp³-hybridized carbons (Fsp3) is 0.833. The molecule has 1 aliphatic rings. The van der Waals surface area contributed by atoms with Gasteiger partial charge in [0.25, 0.3) is 0 Å². The van der Waals surface area contributed by atoms with Crippen LogP contribution in [0.15, 0.2) is 0 Å². The molecular weight excluding hydrogens is 222 g/mol. The van der Waals surface area contributed by atoms with Crippen molar-refractivity contribution < 1.29 is 0 Å². The average Bonchev–Trinajstić information content (AvgIpc) is 2.90. The van der Waals surface area contributed by atoms with E-state index in [9.17, 15) is 0 Å². The molecule has 16 heavy (non-hydrogen) atoms. The van der Waals surface area contributed by atoms with E-state index in [4.69, 9.17) is 11.6 Å². The Morgan fingerprint density at radius 3 is 2.56 bits per heavy atom. The molecule has 3 nitrogen and oxygen atoms in total. The van der Waals surface area contributed by atoms with Gasteiger partial charge < -0.3 is 4.57 Å². The fourth-order valence-corrected chi connectivity index (χ4v) is 2.18. The van der Waals surface area contributed by atoms with E-state index in [-0.39, 0.29) is 5.41 Å². The molecule has 2 rings (SSSR count). The second kappa shape index (κ2) is 4.36. The van der Waals surface area contributed by atoms with Gasteiger partial charge in [-0.15, -0.1) is 10.2 Å². The maximum atomic E-state index is 6.07. The molecule has 0 amide bonds. The van der Waals surface area contributed by atoms with Crippen molar-refractivity contribution in [1.82, 2.24) is 14.8 Å². The number of hydrogen-bond acceptors (Lipinski definition) is 2. The Balaban J connectivity index is 2.02. The Hall–Kier alpha value is -0.570. The molecule has 4 heteroatoms. The van der Waals surface area contributed by atoms with E-state index < -0.39 is 0 Å². The first-order valence-corrected chi connectivity index (χ1v) is 6.45. The van der Waals surface area contributed by atoms with Gasteiger partial charge in [-0.3, -0.25) is 0 Å². The predicted octanol–water partition coefficient (Wildman–Crippen LogP) is 3.42. The molecule has 0 N–H and O–H groups in total. The molecule has 0 unspecified atom stereocenters. The third kappa shape index (κ3) is 2.76. The van der Waals surface area contributed by atoms with Crippen molar-refractivity contribution in [3.63, 3.8) is 0 Å². The van der Waals surface area contributed by atoms with Crippen LogP contribution < -0.4 is 0 Å². The average molecular weight is 242 g/mol. The summed E-state index contributed by atoms with van der Waals surface area (Å²) in [4.78, 5) is 0. The lowest BCUT2D eigenvalue weighted by Crippen LogP contribution is -2.19. The monoisotopic (exact) mass is 241 g/mol. The van der Waals surface area contributed by atoms with Crippen LogP contribution in [0.1, 0.15) is 52.3 Å². The highest BCUT2D eigenvalue weighted by Gasteiger charge is 2.24. The van der Waals surface area contributed by atoms with Crippen LogP contribution >= 0.6 is 11.6 Å².